The van der Waals surface area contributed by atoms with E-state index in [4.69, 9.17) is 11.6 Å². The first kappa shape index (κ1) is 23.6. The second-order valence-corrected chi connectivity index (χ2v) is 11.9. The van der Waals surface area contributed by atoms with Crippen molar-refractivity contribution < 1.29 is 1.37 Å². The van der Waals surface area contributed by atoms with Crippen LogP contribution in [0.1, 0.15) is 52.1 Å². The second kappa shape index (κ2) is 9.96. The fourth-order valence-electron chi connectivity index (χ4n) is 4.05. The van der Waals surface area contributed by atoms with E-state index < -0.39 is 6.02 Å². The van der Waals surface area contributed by atoms with Crippen LogP contribution in [0.2, 0.25) is 5.02 Å². The van der Waals surface area contributed by atoms with Gasteiger partial charge in [0.1, 0.15) is 6.07 Å². The van der Waals surface area contributed by atoms with E-state index >= 15 is 0 Å². The molecule has 1 aliphatic carbocycles. The number of hydrogen-bond donors (Lipinski definition) is 4. The van der Waals surface area contributed by atoms with Crippen LogP contribution in [0.4, 0.5) is 11.4 Å². The zero-order valence-corrected chi connectivity index (χ0v) is 23.3. The molecule has 1 saturated carbocycles. The topological polar surface area (TPSA) is 88.0 Å². The number of nitrogens with zero attached hydrogens (tertiary/aromatic N) is 3. The Hall–Kier alpha value is -2.74. The summed E-state index contributed by atoms with van der Waals surface area (Å²) < 4.78 is 10.6. The molecule has 2 aromatic carbocycles. The first-order chi connectivity index (χ1) is 17.6. The number of pyridine rings is 1. The Morgan fingerprint density at radius 1 is 1.33 bits per heavy atom. The first-order valence-electron chi connectivity index (χ1n) is 12.4. The van der Waals surface area contributed by atoms with E-state index in [1.165, 1.54) is 0 Å². The van der Waals surface area contributed by atoms with Crippen LogP contribution in [0.5, 0.6) is 0 Å². The molecule has 5 rings (SSSR count). The Morgan fingerprint density at radius 2 is 2.11 bits per heavy atom. The molecular formula is C27H29ClIN7. The molecule has 3 aromatic rings. The summed E-state index contributed by atoms with van der Waals surface area (Å²) in [5.74, 6) is 0. The lowest BCUT2D eigenvalue weighted by molar-refractivity contribution is 0.260. The lowest BCUT2D eigenvalue weighted by Gasteiger charge is -2.24. The maximum absolute atomic E-state index is 9.81. The summed E-state index contributed by atoms with van der Waals surface area (Å²) in [5.41, 5.74) is 10.4. The van der Waals surface area contributed by atoms with Crippen LogP contribution in [-0.2, 0) is 0 Å². The number of hydrogen-bond acceptors (Lipinski definition) is 7. The lowest BCUT2D eigenvalue weighted by atomic mass is 9.96. The molecule has 7 nitrogen and oxygen atoms in total. The standard InChI is InChI=1S/C27H29ClIN7/c1-27(2,3)15-32-24-16(12-30)13-31-25-20(24)10-17(11-22(25)29)33-26(19-6-4-5-7-21(19)28)23-14-36(35-34-23)18-8-9-18/h4-7,10-11,13-14,18,26,33-35H,8-9,15H2,1-3H3,(H,31,32)/i26D. The zero-order valence-electron chi connectivity index (χ0n) is 21.4. The second-order valence-electron chi connectivity index (χ2n) is 10.3. The van der Waals surface area contributed by atoms with Crippen molar-refractivity contribution in [3.63, 3.8) is 0 Å². The molecule has 0 spiro atoms. The quantitative estimate of drug-likeness (QED) is 0.232. The van der Waals surface area contributed by atoms with E-state index in [1.54, 1.807) is 12.3 Å². The van der Waals surface area contributed by atoms with Gasteiger partial charge in [-0.15, -0.1) is 5.53 Å². The number of rotatable bonds is 7. The molecule has 1 aliphatic heterocycles. The molecule has 1 aromatic heterocycles. The average molecular weight is 615 g/mol. The summed E-state index contributed by atoms with van der Waals surface area (Å²) in [6, 6.07) is 12.6. The largest absolute Gasteiger partial charge is 0.383 e. The summed E-state index contributed by atoms with van der Waals surface area (Å²) >= 11 is 8.89. The van der Waals surface area contributed by atoms with Gasteiger partial charge in [0.2, 0.25) is 0 Å². The normalized spacial score (nSPS) is 17.6. The summed E-state index contributed by atoms with van der Waals surface area (Å²) in [4.78, 5) is 4.57. The Labute approximate surface area is 231 Å². The maximum Gasteiger partial charge on any atom is 0.103 e. The third kappa shape index (κ3) is 5.33. The molecule has 0 amide bonds. The summed E-state index contributed by atoms with van der Waals surface area (Å²) in [5, 5.41) is 20.1. The number of nitriles is 1. The summed E-state index contributed by atoms with van der Waals surface area (Å²) in [6.07, 6.45) is 5.79. The molecule has 9 heteroatoms. The van der Waals surface area contributed by atoms with Gasteiger partial charge in [-0.2, -0.15) is 5.26 Å². The van der Waals surface area contributed by atoms with E-state index in [2.05, 4.69) is 76.0 Å². The Balaban J connectivity index is 1.61. The monoisotopic (exact) mass is 614 g/mol. The molecule has 4 N–H and O–H groups in total. The van der Waals surface area contributed by atoms with Crippen LogP contribution in [0.15, 0.2) is 54.5 Å². The molecule has 36 heavy (non-hydrogen) atoms. The van der Waals surface area contributed by atoms with Crippen LogP contribution in [0, 0.1) is 20.3 Å². The zero-order chi connectivity index (χ0) is 26.4. The van der Waals surface area contributed by atoms with Crippen molar-refractivity contribution in [3.8, 4) is 6.07 Å². The average Bonchev–Trinajstić information content (AvgIpc) is 3.57. The van der Waals surface area contributed by atoms with E-state index in [0.717, 1.165) is 38.7 Å². The van der Waals surface area contributed by atoms with Gasteiger partial charge in [-0.25, -0.2) is 0 Å². The van der Waals surface area contributed by atoms with Gasteiger partial charge in [0, 0.05) is 44.6 Å². The third-order valence-electron chi connectivity index (χ3n) is 6.05. The Kier molecular flexibility index (Phi) is 6.54. The van der Waals surface area contributed by atoms with Gasteiger partial charge in [-0.3, -0.25) is 9.99 Å². The van der Waals surface area contributed by atoms with Crippen LogP contribution in [-0.4, -0.2) is 22.6 Å². The number of aromatic nitrogens is 1. The molecule has 2 heterocycles. The lowest BCUT2D eigenvalue weighted by Crippen LogP contribution is -2.38. The first-order valence-corrected chi connectivity index (χ1v) is 13.4. The Bertz CT molecular complexity index is 1430. The van der Waals surface area contributed by atoms with E-state index in [-0.39, 0.29) is 5.41 Å². The predicted octanol–water partition coefficient (Wildman–Crippen LogP) is 6.30. The fourth-order valence-corrected chi connectivity index (χ4v) is 5.05. The molecule has 1 unspecified atom stereocenters. The molecule has 0 bridgehead atoms. The highest BCUT2D eigenvalue weighted by Gasteiger charge is 2.32. The van der Waals surface area contributed by atoms with Gasteiger partial charge in [0.25, 0.3) is 0 Å². The smallest absolute Gasteiger partial charge is 0.103 e. The van der Waals surface area contributed by atoms with Crippen molar-refractivity contribution >= 4 is 56.5 Å². The Morgan fingerprint density at radius 3 is 2.81 bits per heavy atom. The van der Waals surface area contributed by atoms with E-state index in [9.17, 15) is 6.63 Å². The molecule has 0 saturated heterocycles. The van der Waals surface area contributed by atoms with E-state index in [1.807, 2.05) is 41.5 Å². The highest BCUT2D eigenvalue weighted by Crippen LogP contribution is 2.37. The predicted molar refractivity (Wildman–Crippen MR) is 154 cm³/mol. The van der Waals surface area contributed by atoms with Crippen LogP contribution in [0.3, 0.4) is 0 Å². The minimum absolute atomic E-state index is 0.0206. The van der Waals surface area contributed by atoms with Crippen molar-refractivity contribution in [2.75, 3.05) is 17.2 Å². The molecule has 1 atom stereocenters. The molecule has 1 fully saturated rings. The van der Waals surface area contributed by atoms with Gasteiger partial charge in [-0.1, -0.05) is 50.6 Å². The van der Waals surface area contributed by atoms with Crippen molar-refractivity contribution in [1.82, 2.24) is 21.0 Å². The van der Waals surface area contributed by atoms with Crippen LogP contribution in [0.25, 0.3) is 10.9 Å². The van der Waals surface area contributed by atoms with Crippen molar-refractivity contribution in [3.05, 3.63) is 74.2 Å². The van der Waals surface area contributed by atoms with Crippen LogP contribution < -0.4 is 21.6 Å². The van der Waals surface area contributed by atoms with Gasteiger partial charge >= 0.3 is 0 Å². The third-order valence-corrected chi connectivity index (χ3v) is 7.20. The molecule has 186 valence electrons. The summed E-state index contributed by atoms with van der Waals surface area (Å²) in [6.45, 7) is 7.12. The van der Waals surface area contributed by atoms with E-state index in [0.29, 0.717) is 34.4 Å². The maximum atomic E-state index is 9.81. The molecular weight excluding hydrogens is 585 g/mol. The van der Waals surface area contributed by atoms with Crippen molar-refractivity contribution in [1.29, 1.82) is 5.26 Å². The highest BCUT2D eigenvalue weighted by atomic mass is 127. The molecule has 2 aliphatic rings. The number of nitrogens with one attached hydrogen (secondary N) is 4. The van der Waals surface area contributed by atoms with Gasteiger partial charge in [0.05, 0.1) is 29.9 Å². The van der Waals surface area contributed by atoms with Crippen LogP contribution >= 0.6 is 34.2 Å². The number of fused-ring (bicyclic) bond motifs is 1. The number of halogens is 2. The summed E-state index contributed by atoms with van der Waals surface area (Å²) in [7, 11) is 0. The minimum Gasteiger partial charge on any atom is -0.383 e. The minimum atomic E-state index is -1.41. The van der Waals surface area contributed by atoms with Gasteiger partial charge < -0.3 is 16.1 Å². The molecule has 0 radical (unpaired) electrons. The number of hydrazine groups is 2. The van der Waals surface area contributed by atoms with Gasteiger partial charge in [-0.05, 0) is 64.6 Å². The SMILES string of the molecule is [2H]C(Nc1cc(I)c2ncc(C#N)c(NCC(C)(C)C)c2c1)(C1=CN(C2CC2)NN1)c1ccccc1Cl. The number of benzene rings is 2. The highest BCUT2D eigenvalue weighted by molar-refractivity contribution is 14.1. The number of anilines is 2. The van der Waals surface area contributed by atoms with Crippen molar-refractivity contribution in [2.24, 2.45) is 5.41 Å². The van der Waals surface area contributed by atoms with Gasteiger partial charge in [0.15, 0.2) is 0 Å². The van der Waals surface area contributed by atoms with Crippen molar-refractivity contribution in [2.45, 2.75) is 45.7 Å². The fraction of sp³-hybridized carbons (Fsp3) is 0.333.